The van der Waals surface area contributed by atoms with Crippen LogP contribution in [0.2, 0.25) is 0 Å². The summed E-state index contributed by atoms with van der Waals surface area (Å²) >= 11 is 0. The molecule has 6 nitrogen and oxygen atoms in total. The fourth-order valence-electron chi connectivity index (χ4n) is 3.32. The second-order valence-electron chi connectivity index (χ2n) is 7.01. The smallest absolute Gasteiger partial charge is 0.416 e. The van der Waals surface area contributed by atoms with Crippen molar-refractivity contribution in [2.75, 3.05) is 25.1 Å². The van der Waals surface area contributed by atoms with E-state index in [-0.39, 0.29) is 18.4 Å². The van der Waals surface area contributed by atoms with E-state index in [1.54, 1.807) is 6.20 Å². The zero-order valence-electron chi connectivity index (χ0n) is 16.1. The van der Waals surface area contributed by atoms with Gasteiger partial charge in [-0.3, -0.25) is 4.79 Å². The molecule has 0 bridgehead atoms. The largest absolute Gasteiger partial charge is 0.467 e. The van der Waals surface area contributed by atoms with Gasteiger partial charge in [-0.1, -0.05) is 12.1 Å². The summed E-state index contributed by atoms with van der Waals surface area (Å²) < 4.78 is 42.8. The normalized spacial score (nSPS) is 15.2. The molecule has 9 heteroatoms. The molecule has 29 heavy (non-hydrogen) atoms. The van der Waals surface area contributed by atoms with Gasteiger partial charge in [-0.25, -0.2) is 4.98 Å². The van der Waals surface area contributed by atoms with Gasteiger partial charge in [-0.05, 0) is 42.5 Å². The van der Waals surface area contributed by atoms with Gasteiger partial charge >= 0.3 is 12.2 Å². The van der Waals surface area contributed by atoms with E-state index in [1.165, 1.54) is 19.2 Å². The second-order valence-corrected chi connectivity index (χ2v) is 7.01. The minimum Gasteiger partial charge on any atom is -0.467 e. The molecule has 3 rings (SSSR count). The Morgan fingerprint density at radius 2 is 1.90 bits per heavy atom. The van der Waals surface area contributed by atoms with Gasteiger partial charge in [-0.2, -0.15) is 18.2 Å². The number of aromatic nitrogens is 2. The van der Waals surface area contributed by atoms with Crippen LogP contribution in [0.1, 0.15) is 30.4 Å². The lowest BCUT2D eigenvalue weighted by atomic mass is 9.93. The molecule has 2 aromatic rings. The molecule has 0 saturated carbocycles. The number of hydrogen-bond acceptors (Lipinski definition) is 5. The number of rotatable bonds is 6. The van der Waals surface area contributed by atoms with Crippen molar-refractivity contribution in [3.05, 3.63) is 47.7 Å². The fourth-order valence-corrected chi connectivity index (χ4v) is 3.32. The summed E-state index contributed by atoms with van der Waals surface area (Å²) in [5, 5.41) is 2.79. The number of methoxy groups -OCH3 is 1. The van der Waals surface area contributed by atoms with E-state index >= 15 is 0 Å². The molecule has 0 atom stereocenters. The highest BCUT2D eigenvalue weighted by molar-refractivity contribution is 5.76. The summed E-state index contributed by atoms with van der Waals surface area (Å²) in [6, 6.07) is 6.99. The minimum absolute atomic E-state index is 0.0907. The topological polar surface area (TPSA) is 67.3 Å². The number of anilines is 1. The van der Waals surface area contributed by atoms with Crippen molar-refractivity contribution in [1.29, 1.82) is 0 Å². The van der Waals surface area contributed by atoms with E-state index in [2.05, 4.69) is 20.2 Å². The summed E-state index contributed by atoms with van der Waals surface area (Å²) in [7, 11) is 1.52. The Morgan fingerprint density at radius 3 is 2.52 bits per heavy atom. The maximum atomic E-state index is 12.6. The predicted molar refractivity (Wildman–Crippen MR) is 101 cm³/mol. The van der Waals surface area contributed by atoms with Crippen LogP contribution in [0.15, 0.2) is 36.5 Å². The number of carbonyl (C=O) groups is 1. The van der Waals surface area contributed by atoms with Crippen LogP contribution < -0.4 is 15.0 Å². The maximum Gasteiger partial charge on any atom is 0.416 e. The summed E-state index contributed by atoms with van der Waals surface area (Å²) in [5.41, 5.74) is -0.0560. The van der Waals surface area contributed by atoms with Gasteiger partial charge in [0.2, 0.25) is 5.91 Å². The van der Waals surface area contributed by atoms with Crippen molar-refractivity contribution in [3.63, 3.8) is 0 Å². The lowest BCUT2D eigenvalue weighted by molar-refractivity contribution is -0.137. The summed E-state index contributed by atoms with van der Waals surface area (Å²) in [6.45, 7) is 1.80. The molecule has 1 aromatic heterocycles. The van der Waals surface area contributed by atoms with Crippen LogP contribution in [-0.2, 0) is 17.5 Å². The molecule has 1 fully saturated rings. The van der Waals surface area contributed by atoms with Gasteiger partial charge in [0.1, 0.15) is 5.82 Å². The minimum atomic E-state index is -4.35. The van der Waals surface area contributed by atoms with Crippen LogP contribution in [0.4, 0.5) is 19.0 Å². The van der Waals surface area contributed by atoms with E-state index < -0.39 is 11.7 Å². The van der Waals surface area contributed by atoms with E-state index in [1.807, 2.05) is 6.07 Å². The summed E-state index contributed by atoms with van der Waals surface area (Å²) in [6.07, 6.45) is -0.572. The number of ether oxygens (including phenoxy) is 1. The third kappa shape index (κ3) is 5.82. The monoisotopic (exact) mass is 408 g/mol. The Balaban J connectivity index is 1.42. The van der Waals surface area contributed by atoms with Gasteiger partial charge in [0.15, 0.2) is 0 Å². The molecule has 1 aromatic carbocycles. The van der Waals surface area contributed by atoms with Crippen molar-refractivity contribution in [2.24, 2.45) is 5.92 Å². The molecule has 2 heterocycles. The van der Waals surface area contributed by atoms with Gasteiger partial charge < -0.3 is 15.0 Å². The van der Waals surface area contributed by atoms with Crippen molar-refractivity contribution in [2.45, 2.75) is 32.0 Å². The van der Waals surface area contributed by atoms with Crippen molar-refractivity contribution >= 4 is 11.7 Å². The molecule has 1 N–H and O–H groups in total. The van der Waals surface area contributed by atoms with Crippen LogP contribution in [0.3, 0.4) is 0 Å². The quantitative estimate of drug-likeness (QED) is 0.793. The van der Waals surface area contributed by atoms with Gasteiger partial charge in [0, 0.05) is 32.3 Å². The average Bonchev–Trinajstić information content (AvgIpc) is 2.72. The van der Waals surface area contributed by atoms with Gasteiger partial charge in [-0.15, -0.1) is 0 Å². The first-order valence-electron chi connectivity index (χ1n) is 9.40. The van der Waals surface area contributed by atoms with Gasteiger partial charge in [0.05, 0.1) is 12.7 Å². The number of carbonyl (C=O) groups excluding carboxylic acids is 1. The Labute approximate surface area is 167 Å². The van der Waals surface area contributed by atoms with Crippen LogP contribution in [0.5, 0.6) is 6.01 Å². The first-order chi connectivity index (χ1) is 13.8. The molecule has 1 aliphatic heterocycles. The third-order valence-corrected chi connectivity index (χ3v) is 4.98. The lowest BCUT2D eigenvalue weighted by Gasteiger charge is -2.32. The Hall–Kier alpha value is -2.84. The van der Waals surface area contributed by atoms with Crippen molar-refractivity contribution < 1.29 is 22.7 Å². The SMILES string of the molecule is COc1nccc(N2CCC(CC(=O)NCc3ccc(C(F)(F)F)cc3)CC2)n1. The van der Waals surface area contributed by atoms with E-state index in [9.17, 15) is 18.0 Å². The first kappa shape index (κ1) is 20.9. The molecule has 0 radical (unpaired) electrons. The summed E-state index contributed by atoms with van der Waals surface area (Å²) in [5.74, 6) is 0.983. The number of benzene rings is 1. The molecule has 0 aliphatic carbocycles. The van der Waals surface area contributed by atoms with Crippen molar-refractivity contribution in [3.8, 4) is 6.01 Å². The molecule has 156 valence electrons. The third-order valence-electron chi connectivity index (χ3n) is 4.98. The zero-order valence-corrected chi connectivity index (χ0v) is 16.1. The highest BCUT2D eigenvalue weighted by Gasteiger charge is 2.30. The molecule has 1 saturated heterocycles. The number of amides is 1. The fraction of sp³-hybridized carbons (Fsp3) is 0.450. The maximum absolute atomic E-state index is 12.6. The van der Waals surface area contributed by atoms with Crippen molar-refractivity contribution in [1.82, 2.24) is 15.3 Å². The molecular weight excluding hydrogens is 385 g/mol. The molecule has 1 aliphatic rings. The Morgan fingerprint density at radius 1 is 1.21 bits per heavy atom. The first-order valence-corrected chi connectivity index (χ1v) is 9.40. The van der Waals surface area contributed by atoms with Gasteiger partial charge in [0.25, 0.3) is 0 Å². The van der Waals surface area contributed by atoms with Crippen LogP contribution in [-0.4, -0.2) is 36.1 Å². The second kappa shape index (κ2) is 9.11. The van der Waals surface area contributed by atoms with Crippen LogP contribution in [0, 0.1) is 5.92 Å². The van der Waals surface area contributed by atoms with E-state index in [0.29, 0.717) is 18.0 Å². The Kier molecular flexibility index (Phi) is 6.56. The zero-order chi connectivity index (χ0) is 20.9. The number of hydrogen-bond donors (Lipinski definition) is 1. The molecule has 1 amide bonds. The average molecular weight is 408 g/mol. The van der Waals surface area contributed by atoms with E-state index in [0.717, 1.165) is 43.9 Å². The molecule has 0 spiro atoms. The highest BCUT2D eigenvalue weighted by atomic mass is 19.4. The number of alkyl halides is 3. The lowest BCUT2D eigenvalue weighted by Crippen LogP contribution is -2.36. The highest BCUT2D eigenvalue weighted by Crippen LogP contribution is 2.29. The number of halogens is 3. The standard InChI is InChI=1S/C20H23F3N4O2/c1-29-19-24-9-6-17(26-19)27-10-7-14(8-11-27)12-18(28)25-13-15-2-4-16(5-3-15)20(21,22)23/h2-6,9,14H,7-8,10-13H2,1H3,(H,25,28). The molecular formula is C20H23F3N4O2. The molecule has 0 unspecified atom stereocenters. The van der Waals surface area contributed by atoms with Crippen LogP contribution >= 0.6 is 0 Å². The Bertz CT molecular complexity index is 819. The number of nitrogens with one attached hydrogen (secondary N) is 1. The predicted octanol–water partition coefficient (Wildman–Crippen LogP) is 3.43. The number of nitrogens with zero attached hydrogens (tertiary/aromatic N) is 3. The van der Waals surface area contributed by atoms with Crippen LogP contribution in [0.25, 0.3) is 0 Å². The van der Waals surface area contributed by atoms with E-state index in [4.69, 9.17) is 4.74 Å². The summed E-state index contributed by atoms with van der Waals surface area (Å²) in [4.78, 5) is 22.7. The number of piperidine rings is 1.